The summed E-state index contributed by atoms with van der Waals surface area (Å²) < 4.78 is 0. The Hall–Kier alpha value is -3.40. The summed E-state index contributed by atoms with van der Waals surface area (Å²) >= 11 is 0. The van der Waals surface area contributed by atoms with Crippen molar-refractivity contribution in [3.63, 3.8) is 0 Å². The van der Waals surface area contributed by atoms with Crippen molar-refractivity contribution in [1.82, 2.24) is 10.6 Å². The summed E-state index contributed by atoms with van der Waals surface area (Å²) in [4.78, 5) is 24.2. The molecule has 0 atom stereocenters. The van der Waals surface area contributed by atoms with Crippen LogP contribution in [0.2, 0.25) is 0 Å². The Labute approximate surface area is 165 Å². The van der Waals surface area contributed by atoms with Crippen molar-refractivity contribution in [2.24, 2.45) is 0 Å². The third-order valence-electron chi connectivity index (χ3n) is 4.64. The van der Waals surface area contributed by atoms with Gasteiger partial charge in [-0.1, -0.05) is 66.7 Å². The quantitative estimate of drug-likeness (QED) is 0.664. The molecule has 142 valence electrons. The van der Waals surface area contributed by atoms with Crippen LogP contribution in [0.1, 0.15) is 21.5 Å². The van der Waals surface area contributed by atoms with E-state index in [1.165, 1.54) is 11.1 Å². The van der Waals surface area contributed by atoms with Gasteiger partial charge in [-0.15, -0.1) is 0 Å². The van der Waals surface area contributed by atoms with E-state index in [1.54, 1.807) is 12.1 Å². The Kier molecular flexibility index (Phi) is 6.58. The highest BCUT2D eigenvalue weighted by molar-refractivity contribution is 5.96. The number of nitrogens with one attached hydrogen (secondary N) is 2. The zero-order chi connectivity index (χ0) is 19.8. The fraction of sp³-hybridized carbons (Fsp3) is 0.167. The minimum Gasteiger partial charge on any atom is -0.354 e. The van der Waals surface area contributed by atoms with E-state index in [2.05, 4.69) is 29.7 Å². The number of carbonyl (C=O) groups excluding carboxylic acids is 2. The molecule has 2 N–H and O–H groups in total. The molecule has 0 unspecified atom stereocenters. The molecule has 4 heteroatoms. The van der Waals surface area contributed by atoms with Crippen LogP contribution in [0, 0.1) is 6.92 Å². The fourth-order valence-electron chi connectivity index (χ4n) is 3.00. The summed E-state index contributed by atoms with van der Waals surface area (Å²) in [6.07, 6.45) is 0.771. The highest BCUT2D eigenvalue weighted by atomic mass is 16.2. The van der Waals surface area contributed by atoms with Gasteiger partial charge in [0.25, 0.3) is 5.91 Å². The van der Waals surface area contributed by atoms with Crippen LogP contribution in [0.25, 0.3) is 11.1 Å². The molecule has 4 nitrogen and oxygen atoms in total. The predicted octanol–water partition coefficient (Wildman–Crippen LogP) is 3.75. The lowest BCUT2D eigenvalue weighted by molar-refractivity contribution is -0.120. The molecular weight excluding hydrogens is 348 g/mol. The van der Waals surface area contributed by atoms with Crippen LogP contribution in [0.15, 0.2) is 78.9 Å². The molecule has 0 aliphatic rings. The Morgan fingerprint density at radius 2 is 1.39 bits per heavy atom. The maximum atomic E-state index is 12.2. The number of carbonyl (C=O) groups is 2. The molecule has 3 aromatic rings. The second-order valence-electron chi connectivity index (χ2n) is 6.65. The molecule has 0 radical (unpaired) electrons. The molecule has 0 aliphatic carbocycles. The molecule has 2 amide bonds. The van der Waals surface area contributed by atoms with E-state index in [0.29, 0.717) is 12.1 Å². The van der Waals surface area contributed by atoms with Gasteiger partial charge >= 0.3 is 0 Å². The van der Waals surface area contributed by atoms with E-state index in [1.807, 2.05) is 54.6 Å². The molecule has 0 saturated carbocycles. The first-order valence-electron chi connectivity index (χ1n) is 9.38. The second kappa shape index (κ2) is 9.51. The summed E-state index contributed by atoms with van der Waals surface area (Å²) in [5.41, 5.74) is 5.11. The van der Waals surface area contributed by atoms with Crippen molar-refractivity contribution in [2.45, 2.75) is 13.3 Å². The Morgan fingerprint density at radius 1 is 0.750 bits per heavy atom. The van der Waals surface area contributed by atoms with Gasteiger partial charge in [0.05, 0.1) is 6.54 Å². The van der Waals surface area contributed by atoms with Crippen LogP contribution in [0.4, 0.5) is 0 Å². The van der Waals surface area contributed by atoms with E-state index in [4.69, 9.17) is 0 Å². The SMILES string of the molecule is Cc1ccccc1CCNC(=O)CNC(=O)c1ccc(-c2ccccc2)cc1. The monoisotopic (exact) mass is 372 g/mol. The van der Waals surface area contributed by atoms with Crippen molar-refractivity contribution in [1.29, 1.82) is 0 Å². The lowest BCUT2D eigenvalue weighted by Crippen LogP contribution is -2.37. The van der Waals surface area contributed by atoms with E-state index < -0.39 is 0 Å². The van der Waals surface area contributed by atoms with Gasteiger partial charge in [-0.05, 0) is 47.7 Å². The molecule has 3 rings (SSSR count). The topological polar surface area (TPSA) is 58.2 Å². The summed E-state index contributed by atoms with van der Waals surface area (Å²) in [5, 5.41) is 5.51. The van der Waals surface area contributed by atoms with Crippen LogP contribution in [-0.2, 0) is 11.2 Å². The lowest BCUT2D eigenvalue weighted by Gasteiger charge is -2.09. The number of hydrogen-bond donors (Lipinski definition) is 2. The lowest BCUT2D eigenvalue weighted by atomic mass is 10.0. The van der Waals surface area contributed by atoms with Gasteiger partial charge in [-0.25, -0.2) is 0 Å². The summed E-state index contributed by atoms with van der Waals surface area (Å²) in [6.45, 7) is 2.57. The minimum absolute atomic E-state index is 0.0347. The van der Waals surface area contributed by atoms with Gasteiger partial charge in [-0.2, -0.15) is 0 Å². The number of benzene rings is 3. The van der Waals surface area contributed by atoms with Crippen LogP contribution in [0.5, 0.6) is 0 Å². The maximum Gasteiger partial charge on any atom is 0.251 e. The Balaban J connectivity index is 1.44. The fourth-order valence-corrected chi connectivity index (χ4v) is 3.00. The summed E-state index contributed by atoms with van der Waals surface area (Å²) in [5.74, 6) is -0.448. The zero-order valence-electron chi connectivity index (χ0n) is 15.9. The van der Waals surface area contributed by atoms with Gasteiger partial charge in [-0.3, -0.25) is 9.59 Å². The first-order valence-corrected chi connectivity index (χ1v) is 9.38. The van der Waals surface area contributed by atoms with Crippen molar-refractivity contribution in [2.75, 3.05) is 13.1 Å². The van der Waals surface area contributed by atoms with Crippen molar-refractivity contribution in [3.8, 4) is 11.1 Å². The summed E-state index contributed by atoms with van der Waals surface area (Å²) in [7, 11) is 0. The second-order valence-corrected chi connectivity index (χ2v) is 6.65. The highest BCUT2D eigenvalue weighted by Gasteiger charge is 2.08. The van der Waals surface area contributed by atoms with Gasteiger partial charge < -0.3 is 10.6 Å². The van der Waals surface area contributed by atoms with E-state index in [0.717, 1.165) is 17.5 Å². The largest absolute Gasteiger partial charge is 0.354 e. The van der Waals surface area contributed by atoms with Gasteiger partial charge in [0.15, 0.2) is 0 Å². The number of hydrogen-bond acceptors (Lipinski definition) is 2. The Morgan fingerprint density at radius 3 is 2.11 bits per heavy atom. The smallest absolute Gasteiger partial charge is 0.251 e. The number of aryl methyl sites for hydroxylation is 1. The highest BCUT2D eigenvalue weighted by Crippen LogP contribution is 2.19. The van der Waals surface area contributed by atoms with Gasteiger partial charge in [0, 0.05) is 12.1 Å². The van der Waals surface area contributed by atoms with Crippen LogP contribution in [-0.4, -0.2) is 24.9 Å². The normalized spacial score (nSPS) is 10.3. The van der Waals surface area contributed by atoms with Crippen molar-refractivity contribution >= 4 is 11.8 Å². The first-order chi connectivity index (χ1) is 13.6. The minimum atomic E-state index is -0.256. The molecule has 0 aliphatic heterocycles. The van der Waals surface area contributed by atoms with Gasteiger partial charge in [0.1, 0.15) is 0 Å². The van der Waals surface area contributed by atoms with Crippen molar-refractivity contribution in [3.05, 3.63) is 95.6 Å². The molecule has 0 saturated heterocycles. The predicted molar refractivity (Wildman–Crippen MR) is 112 cm³/mol. The molecule has 0 aromatic heterocycles. The molecule has 0 spiro atoms. The molecule has 0 bridgehead atoms. The Bertz CT molecular complexity index is 934. The van der Waals surface area contributed by atoms with Crippen LogP contribution < -0.4 is 10.6 Å². The van der Waals surface area contributed by atoms with E-state index in [9.17, 15) is 9.59 Å². The third-order valence-corrected chi connectivity index (χ3v) is 4.64. The van der Waals surface area contributed by atoms with E-state index >= 15 is 0 Å². The van der Waals surface area contributed by atoms with Crippen LogP contribution in [0.3, 0.4) is 0 Å². The van der Waals surface area contributed by atoms with Crippen LogP contribution >= 0.6 is 0 Å². The molecule has 0 fully saturated rings. The number of amides is 2. The molecule has 3 aromatic carbocycles. The van der Waals surface area contributed by atoms with E-state index in [-0.39, 0.29) is 18.4 Å². The zero-order valence-corrected chi connectivity index (χ0v) is 15.9. The third kappa shape index (κ3) is 5.30. The number of rotatable bonds is 7. The van der Waals surface area contributed by atoms with Gasteiger partial charge in [0.2, 0.25) is 5.91 Å². The average Bonchev–Trinajstić information content (AvgIpc) is 2.74. The molecular formula is C24H24N2O2. The summed E-state index contributed by atoms with van der Waals surface area (Å²) in [6, 6.07) is 25.4. The standard InChI is InChI=1S/C24H24N2O2/c1-18-7-5-6-8-19(18)15-16-25-23(27)17-26-24(28)22-13-11-21(12-14-22)20-9-3-2-4-10-20/h2-14H,15-17H2,1H3,(H,25,27)(H,26,28). The first kappa shape index (κ1) is 19.4. The maximum absolute atomic E-state index is 12.2. The molecule has 28 heavy (non-hydrogen) atoms. The molecule has 0 heterocycles. The average molecular weight is 372 g/mol. The van der Waals surface area contributed by atoms with Crippen molar-refractivity contribution < 1.29 is 9.59 Å².